The molecule has 0 radical (unpaired) electrons. The molecule has 0 bridgehead atoms. The highest BCUT2D eigenvalue weighted by molar-refractivity contribution is 6.32. The fourth-order valence-electron chi connectivity index (χ4n) is 0.985. The minimum Gasteiger partial charge on any atom is -0.258 e. The van der Waals surface area contributed by atoms with E-state index >= 15 is 0 Å². The van der Waals surface area contributed by atoms with E-state index in [4.69, 9.17) is 11.6 Å². The number of halogens is 1. The van der Waals surface area contributed by atoms with E-state index in [1.54, 1.807) is 12.1 Å². The summed E-state index contributed by atoms with van der Waals surface area (Å²) in [6.07, 6.45) is 0. The molecule has 2 rings (SSSR count). The predicted octanol–water partition coefficient (Wildman–Crippen LogP) is 3.93. The van der Waals surface area contributed by atoms with Crippen LogP contribution < -0.4 is 0 Å². The fourth-order valence-corrected chi connectivity index (χ4v) is 1.19. The normalized spacial score (nSPS) is 8.81. The van der Waals surface area contributed by atoms with Crippen LogP contribution in [0.1, 0.15) is 0 Å². The lowest BCUT2D eigenvalue weighted by Crippen LogP contribution is -1.87. The van der Waals surface area contributed by atoms with E-state index < -0.39 is 4.92 Å². The van der Waals surface area contributed by atoms with Crippen molar-refractivity contribution in [2.75, 3.05) is 0 Å². The Kier molecular flexibility index (Phi) is 5.02. The predicted molar refractivity (Wildman–Crippen MR) is 64.5 cm³/mol. The molecule has 0 atom stereocenters. The summed E-state index contributed by atoms with van der Waals surface area (Å²) < 4.78 is 0. The van der Waals surface area contributed by atoms with Crippen molar-refractivity contribution in [3.8, 4) is 0 Å². The maximum absolute atomic E-state index is 10.1. The van der Waals surface area contributed by atoms with Gasteiger partial charge in [0, 0.05) is 6.07 Å². The molecule has 2 aromatic carbocycles. The van der Waals surface area contributed by atoms with Crippen molar-refractivity contribution in [1.29, 1.82) is 0 Å². The highest BCUT2D eigenvalue weighted by Crippen LogP contribution is 2.21. The monoisotopic (exact) mass is 235 g/mol. The molecule has 0 aliphatic heterocycles. The van der Waals surface area contributed by atoms with Crippen LogP contribution in [0.5, 0.6) is 0 Å². The van der Waals surface area contributed by atoms with Crippen molar-refractivity contribution in [2.45, 2.75) is 0 Å². The molecule has 0 saturated carbocycles. The van der Waals surface area contributed by atoms with Crippen LogP contribution in [0.25, 0.3) is 0 Å². The number of para-hydroxylation sites is 1. The van der Waals surface area contributed by atoms with Gasteiger partial charge in [-0.25, -0.2) is 0 Å². The number of nitro benzene ring substituents is 1. The molecule has 0 amide bonds. The van der Waals surface area contributed by atoms with Gasteiger partial charge in [0.2, 0.25) is 0 Å². The molecule has 0 spiro atoms. The molecular formula is C12H10ClNO2. The molecule has 0 fully saturated rings. The summed E-state index contributed by atoms with van der Waals surface area (Å²) in [5.41, 5.74) is -0.0517. The van der Waals surface area contributed by atoms with Crippen LogP contribution in [0, 0.1) is 10.1 Å². The Morgan fingerprint density at radius 1 is 0.875 bits per heavy atom. The molecule has 16 heavy (non-hydrogen) atoms. The van der Waals surface area contributed by atoms with Crippen LogP contribution in [-0.4, -0.2) is 4.92 Å². The average molecular weight is 236 g/mol. The summed E-state index contributed by atoms with van der Waals surface area (Å²) in [5.74, 6) is 0. The molecule has 82 valence electrons. The molecule has 4 heteroatoms. The first-order valence-electron chi connectivity index (χ1n) is 4.61. The zero-order valence-corrected chi connectivity index (χ0v) is 9.17. The topological polar surface area (TPSA) is 43.1 Å². The van der Waals surface area contributed by atoms with Crippen molar-refractivity contribution in [3.63, 3.8) is 0 Å². The standard InChI is InChI=1S/C6H4ClNO2.C6H6/c7-5-3-1-2-4-6(5)8(9)10;1-2-4-6-5-3-1/h1-4H;1-6H. The molecule has 0 heterocycles. The molecule has 0 N–H and O–H groups in total. The summed E-state index contributed by atoms with van der Waals surface area (Å²) in [4.78, 5) is 9.63. The third-order valence-corrected chi connectivity index (χ3v) is 2.04. The Morgan fingerprint density at radius 2 is 1.31 bits per heavy atom. The number of hydrogen-bond acceptors (Lipinski definition) is 2. The van der Waals surface area contributed by atoms with Gasteiger partial charge in [0.05, 0.1) is 4.92 Å². The second-order valence-electron chi connectivity index (χ2n) is 2.86. The van der Waals surface area contributed by atoms with Gasteiger partial charge in [-0.05, 0) is 6.07 Å². The lowest BCUT2D eigenvalue weighted by molar-refractivity contribution is -0.384. The van der Waals surface area contributed by atoms with Gasteiger partial charge in [-0.2, -0.15) is 0 Å². The lowest BCUT2D eigenvalue weighted by atomic mass is 10.3. The van der Waals surface area contributed by atoms with Crippen molar-refractivity contribution in [1.82, 2.24) is 0 Å². The highest BCUT2D eigenvalue weighted by atomic mass is 35.5. The van der Waals surface area contributed by atoms with E-state index in [1.165, 1.54) is 12.1 Å². The molecule has 0 aromatic heterocycles. The second kappa shape index (κ2) is 6.58. The second-order valence-corrected chi connectivity index (χ2v) is 3.27. The van der Waals surface area contributed by atoms with E-state index in [-0.39, 0.29) is 10.7 Å². The molecule has 0 aliphatic rings. The van der Waals surface area contributed by atoms with Crippen molar-refractivity contribution < 1.29 is 4.92 Å². The summed E-state index contributed by atoms with van der Waals surface area (Å²) in [7, 11) is 0. The van der Waals surface area contributed by atoms with E-state index in [1.807, 2.05) is 36.4 Å². The molecule has 0 unspecified atom stereocenters. The number of nitro groups is 1. The van der Waals surface area contributed by atoms with E-state index in [9.17, 15) is 10.1 Å². The van der Waals surface area contributed by atoms with Crippen LogP contribution in [0.15, 0.2) is 60.7 Å². The van der Waals surface area contributed by atoms with Crippen molar-refractivity contribution >= 4 is 17.3 Å². The van der Waals surface area contributed by atoms with Gasteiger partial charge in [-0.1, -0.05) is 60.1 Å². The molecule has 0 saturated heterocycles. The first-order valence-corrected chi connectivity index (χ1v) is 4.98. The van der Waals surface area contributed by atoms with Crippen LogP contribution in [0.4, 0.5) is 5.69 Å². The number of nitrogens with zero attached hydrogens (tertiary/aromatic N) is 1. The lowest BCUT2D eigenvalue weighted by Gasteiger charge is -1.90. The Labute approximate surface area is 98.5 Å². The highest BCUT2D eigenvalue weighted by Gasteiger charge is 2.08. The van der Waals surface area contributed by atoms with E-state index in [0.29, 0.717) is 0 Å². The zero-order chi connectivity index (χ0) is 11.8. The van der Waals surface area contributed by atoms with Crippen LogP contribution in [0.3, 0.4) is 0 Å². The van der Waals surface area contributed by atoms with Gasteiger partial charge >= 0.3 is 0 Å². The third kappa shape index (κ3) is 4.11. The van der Waals surface area contributed by atoms with Gasteiger partial charge in [0.15, 0.2) is 0 Å². The number of benzene rings is 2. The Balaban J connectivity index is 0.000000181. The van der Waals surface area contributed by atoms with Crippen molar-refractivity contribution in [2.24, 2.45) is 0 Å². The Hall–Kier alpha value is -1.87. The fraction of sp³-hybridized carbons (Fsp3) is 0. The van der Waals surface area contributed by atoms with E-state index in [2.05, 4.69) is 0 Å². The maximum Gasteiger partial charge on any atom is 0.287 e. The van der Waals surface area contributed by atoms with Gasteiger partial charge in [-0.15, -0.1) is 0 Å². The van der Waals surface area contributed by atoms with Gasteiger partial charge in [-0.3, -0.25) is 10.1 Å². The van der Waals surface area contributed by atoms with Gasteiger partial charge in [0.25, 0.3) is 5.69 Å². The first-order chi connectivity index (χ1) is 7.72. The first kappa shape index (κ1) is 12.2. The minimum atomic E-state index is -0.512. The summed E-state index contributed by atoms with van der Waals surface area (Å²) in [6.45, 7) is 0. The van der Waals surface area contributed by atoms with Crippen LogP contribution in [-0.2, 0) is 0 Å². The maximum atomic E-state index is 10.1. The summed E-state index contributed by atoms with van der Waals surface area (Å²) in [5, 5.41) is 10.3. The zero-order valence-electron chi connectivity index (χ0n) is 8.42. The van der Waals surface area contributed by atoms with Crippen LogP contribution in [0.2, 0.25) is 5.02 Å². The van der Waals surface area contributed by atoms with E-state index in [0.717, 1.165) is 0 Å². The Bertz CT molecular complexity index is 419. The summed E-state index contributed by atoms with van der Waals surface area (Å²) >= 11 is 5.48. The molecule has 3 nitrogen and oxygen atoms in total. The molecule has 2 aromatic rings. The smallest absolute Gasteiger partial charge is 0.258 e. The quantitative estimate of drug-likeness (QED) is 0.555. The molecule has 0 aliphatic carbocycles. The van der Waals surface area contributed by atoms with Gasteiger partial charge in [0.1, 0.15) is 5.02 Å². The SMILES string of the molecule is O=[N+]([O-])c1ccccc1Cl.c1ccccc1. The van der Waals surface area contributed by atoms with Crippen LogP contribution >= 0.6 is 11.6 Å². The minimum absolute atomic E-state index is 0.0517. The van der Waals surface area contributed by atoms with Gasteiger partial charge < -0.3 is 0 Å². The molecular weight excluding hydrogens is 226 g/mol. The number of rotatable bonds is 1. The average Bonchev–Trinajstić information content (AvgIpc) is 2.32. The summed E-state index contributed by atoms with van der Waals surface area (Å²) in [6, 6.07) is 18.1. The largest absolute Gasteiger partial charge is 0.287 e. The Morgan fingerprint density at radius 3 is 1.62 bits per heavy atom. The third-order valence-electron chi connectivity index (χ3n) is 1.72. The van der Waals surface area contributed by atoms with Crippen molar-refractivity contribution in [3.05, 3.63) is 75.8 Å². The number of hydrogen-bond donors (Lipinski definition) is 0.